The van der Waals surface area contributed by atoms with Gasteiger partial charge in [-0.2, -0.15) is 0 Å². The predicted octanol–water partition coefficient (Wildman–Crippen LogP) is 3.75. The van der Waals surface area contributed by atoms with Gasteiger partial charge in [0.1, 0.15) is 17.3 Å². The molecule has 2 N–H and O–H groups in total. The van der Waals surface area contributed by atoms with Crippen LogP contribution in [0.25, 0.3) is 11.0 Å². The van der Waals surface area contributed by atoms with Crippen molar-refractivity contribution in [3.63, 3.8) is 0 Å². The molecular formula is C16H19N3O. The Hall–Kier alpha value is -2.23. The Morgan fingerprint density at radius 3 is 2.60 bits per heavy atom. The standard InChI is InChI=1S/C16H19N3O/c1-9-7-14(11(3)20-9)10(2)19-12(4)18-15-8-13(17)5-6-16(15)19/h5-8,10H,17H2,1-4H3. The Morgan fingerprint density at radius 1 is 1.20 bits per heavy atom. The molecule has 0 bridgehead atoms. The largest absolute Gasteiger partial charge is 0.466 e. The molecule has 4 nitrogen and oxygen atoms in total. The molecule has 1 aromatic carbocycles. The minimum absolute atomic E-state index is 0.182. The highest BCUT2D eigenvalue weighted by Crippen LogP contribution is 2.30. The highest BCUT2D eigenvalue weighted by Gasteiger charge is 2.18. The van der Waals surface area contributed by atoms with Crippen molar-refractivity contribution in [3.05, 3.63) is 47.2 Å². The van der Waals surface area contributed by atoms with Crippen LogP contribution in [0.5, 0.6) is 0 Å². The molecule has 0 spiro atoms. The number of aromatic nitrogens is 2. The van der Waals surface area contributed by atoms with Crippen LogP contribution in [0.15, 0.2) is 28.7 Å². The van der Waals surface area contributed by atoms with E-state index in [1.54, 1.807) is 0 Å². The van der Waals surface area contributed by atoms with Crippen LogP contribution in [0, 0.1) is 20.8 Å². The first-order chi connectivity index (χ1) is 9.47. The van der Waals surface area contributed by atoms with Crippen LogP contribution in [0.4, 0.5) is 5.69 Å². The van der Waals surface area contributed by atoms with E-state index in [2.05, 4.69) is 22.5 Å². The van der Waals surface area contributed by atoms with E-state index in [0.717, 1.165) is 34.1 Å². The van der Waals surface area contributed by atoms with Gasteiger partial charge in [0.2, 0.25) is 0 Å². The number of nitrogens with zero attached hydrogens (tertiary/aromatic N) is 2. The molecule has 4 heteroatoms. The molecule has 1 atom stereocenters. The summed E-state index contributed by atoms with van der Waals surface area (Å²) in [7, 11) is 0. The smallest absolute Gasteiger partial charge is 0.107 e. The van der Waals surface area contributed by atoms with Gasteiger partial charge in [-0.1, -0.05) is 0 Å². The van der Waals surface area contributed by atoms with E-state index < -0.39 is 0 Å². The van der Waals surface area contributed by atoms with E-state index in [1.807, 2.05) is 39.0 Å². The van der Waals surface area contributed by atoms with Gasteiger partial charge >= 0.3 is 0 Å². The third-order valence-electron chi connectivity index (χ3n) is 3.81. The van der Waals surface area contributed by atoms with Gasteiger partial charge in [0, 0.05) is 11.3 Å². The summed E-state index contributed by atoms with van der Waals surface area (Å²) in [4.78, 5) is 4.61. The zero-order valence-electron chi connectivity index (χ0n) is 12.3. The molecule has 0 saturated carbocycles. The summed E-state index contributed by atoms with van der Waals surface area (Å²) in [5.74, 6) is 2.89. The lowest BCUT2D eigenvalue weighted by atomic mass is 10.1. The molecule has 0 saturated heterocycles. The lowest BCUT2D eigenvalue weighted by Gasteiger charge is -2.16. The average molecular weight is 269 g/mol. The summed E-state index contributed by atoms with van der Waals surface area (Å²) in [5.41, 5.74) is 9.81. The predicted molar refractivity (Wildman–Crippen MR) is 80.9 cm³/mol. The first-order valence-electron chi connectivity index (χ1n) is 6.78. The van der Waals surface area contributed by atoms with E-state index in [4.69, 9.17) is 10.2 Å². The number of rotatable bonds is 2. The van der Waals surface area contributed by atoms with Crippen LogP contribution in [0.1, 0.15) is 35.9 Å². The lowest BCUT2D eigenvalue weighted by Crippen LogP contribution is -2.08. The normalized spacial score (nSPS) is 13.0. The molecule has 104 valence electrons. The second-order valence-corrected chi connectivity index (χ2v) is 5.32. The Labute approximate surface area is 118 Å². The number of hydrogen-bond acceptors (Lipinski definition) is 3. The quantitative estimate of drug-likeness (QED) is 0.721. The summed E-state index contributed by atoms with van der Waals surface area (Å²) in [6.07, 6.45) is 0. The number of nitrogens with two attached hydrogens (primary N) is 1. The minimum Gasteiger partial charge on any atom is -0.466 e. The van der Waals surface area contributed by atoms with Crippen LogP contribution in [-0.4, -0.2) is 9.55 Å². The van der Waals surface area contributed by atoms with Gasteiger partial charge in [0.15, 0.2) is 0 Å². The molecule has 0 radical (unpaired) electrons. The summed E-state index contributed by atoms with van der Waals surface area (Å²) >= 11 is 0. The van der Waals surface area contributed by atoms with Crippen molar-refractivity contribution >= 4 is 16.7 Å². The second-order valence-electron chi connectivity index (χ2n) is 5.32. The number of aryl methyl sites for hydroxylation is 3. The Kier molecular flexibility index (Phi) is 2.82. The van der Waals surface area contributed by atoms with E-state index in [9.17, 15) is 0 Å². The molecule has 0 aliphatic rings. The van der Waals surface area contributed by atoms with Crippen LogP contribution >= 0.6 is 0 Å². The van der Waals surface area contributed by atoms with E-state index >= 15 is 0 Å². The number of furan rings is 1. The summed E-state index contributed by atoms with van der Waals surface area (Å²) in [5, 5.41) is 0. The van der Waals surface area contributed by atoms with Crippen LogP contribution < -0.4 is 5.73 Å². The van der Waals surface area contributed by atoms with Gasteiger partial charge in [-0.3, -0.25) is 0 Å². The highest BCUT2D eigenvalue weighted by atomic mass is 16.3. The third-order valence-corrected chi connectivity index (χ3v) is 3.81. The molecule has 0 aliphatic heterocycles. The fourth-order valence-electron chi connectivity index (χ4n) is 2.93. The fraction of sp³-hybridized carbons (Fsp3) is 0.312. The average Bonchev–Trinajstić information content (AvgIpc) is 2.87. The first-order valence-corrected chi connectivity index (χ1v) is 6.78. The maximum atomic E-state index is 5.83. The van der Waals surface area contributed by atoms with Gasteiger partial charge in [-0.25, -0.2) is 4.98 Å². The number of nitrogen functional groups attached to an aromatic ring is 1. The van der Waals surface area contributed by atoms with Gasteiger partial charge in [0.05, 0.1) is 17.1 Å². The van der Waals surface area contributed by atoms with Crippen LogP contribution in [0.3, 0.4) is 0 Å². The van der Waals surface area contributed by atoms with Gasteiger partial charge in [-0.05, 0) is 52.0 Å². The van der Waals surface area contributed by atoms with E-state index in [-0.39, 0.29) is 6.04 Å². The number of benzene rings is 1. The first kappa shape index (κ1) is 12.8. The summed E-state index contributed by atoms with van der Waals surface area (Å²) < 4.78 is 7.88. The van der Waals surface area contributed by atoms with E-state index in [1.165, 1.54) is 5.56 Å². The molecule has 1 unspecified atom stereocenters. The molecular weight excluding hydrogens is 250 g/mol. The molecule has 3 rings (SSSR count). The number of anilines is 1. The second kappa shape index (κ2) is 4.40. The zero-order chi connectivity index (χ0) is 14.4. The summed E-state index contributed by atoms with van der Waals surface area (Å²) in [6, 6.07) is 8.15. The molecule has 0 fully saturated rings. The molecule has 3 aromatic rings. The molecule has 2 aromatic heterocycles. The maximum Gasteiger partial charge on any atom is 0.107 e. The fourth-order valence-corrected chi connectivity index (χ4v) is 2.93. The van der Waals surface area contributed by atoms with Crippen molar-refractivity contribution in [2.75, 3.05) is 5.73 Å². The minimum atomic E-state index is 0.182. The molecule has 0 aliphatic carbocycles. The topological polar surface area (TPSA) is 57.0 Å². The van der Waals surface area contributed by atoms with Crippen LogP contribution in [-0.2, 0) is 0 Å². The van der Waals surface area contributed by atoms with Crippen molar-refractivity contribution in [1.29, 1.82) is 0 Å². The molecule has 2 heterocycles. The van der Waals surface area contributed by atoms with Gasteiger partial charge in [-0.15, -0.1) is 0 Å². The third kappa shape index (κ3) is 1.88. The van der Waals surface area contributed by atoms with Crippen molar-refractivity contribution in [2.24, 2.45) is 0 Å². The summed E-state index contributed by atoms with van der Waals surface area (Å²) in [6.45, 7) is 8.17. The zero-order valence-corrected chi connectivity index (χ0v) is 12.3. The van der Waals surface area contributed by atoms with Crippen molar-refractivity contribution in [1.82, 2.24) is 9.55 Å². The number of hydrogen-bond donors (Lipinski definition) is 1. The van der Waals surface area contributed by atoms with Crippen molar-refractivity contribution < 1.29 is 4.42 Å². The van der Waals surface area contributed by atoms with Crippen molar-refractivity contribution in [2.45, 2.75) is 33.7 Å². The van der Waals surface area contributed by atoms with Crippen LogP contribution in [0.2, 0.25) is 0 Å². The SMILES string of the molecule is Cc1cc(C(C)n2c(C)nc3cc(N)ccc32)c(C)o1. The van der Waals surface area contributed by atoms with Gasteiger partial charge in [0.25, 0.3) is 0 Å². The van der Waals surface area contributed by atoms with Gasteiger partial charge < -0.3 is 14.7 Å². The molecule has 20 heavy (non-hydrogen) atoms. The van der Waals surface area contributed by atoms with E-state index in [0.29, 0.717) is 0 Å². The lowest BCUT2D eigenvalue weighted by molar-refractivity contribution is 0.494. The Balaban J connectivity index is 2.18. The molecule has 0 amide bonds. The Bertz CT molecular complexity index is 782. The Morgan fingerprint density at radius 2 is 1.95 bits per heavy atom. The maximum absolute atomic E-state index is 5.83. The monoisotopic (exact) mass is 269 g/mol. The highest BCUT2D eigenvalue weighted by molar-refractivity contribution is 5.80. The number of imidazole rings is 1. The van der Waals surface area contributed by atoms with Crippen molar-refractivity contribution in [3.8, 4) is 0 Å². The number of fused-ring (bicyclic) bond motifs is 1.